The van der Waals surface area contributed by atoms with E-state index < -0.39 is 0 Å². The standard InChI is InChI=1S/C16H10Cl2N4OS/c17-13-8-22-14(9-21-13)24-12-4-1-3-10(15(12)18)7-11(23)16-19-5-2-6-20-16/h1-6,8-9H,7H2. The van der Waals surface area contributed by atoms with E-state index >= 15 is 0 Å². The Morgan fingerprint density at radius 2 is 1.79 bits per heavy atom. The highest BCUT2D eigenvalue weighted by Crippen LogP contribution is 2.34. The molecule has 0 aliphatic rings. The number of hydrogen-bond acceptors (Lipinski definition) is 6. The van der Waals surface area contributed by atoms with Crippen molar-refractivity contribution in [1.29, 1.82) is 0 Å². The number of carbonyl (C=O) groups is 1. The van der Waals surface area contributed by atoms with Gasteiger partial charge in [-0.15, -0.1) is 0 Å². The van der Waals surface area contributed by atoms with E-state index in [1.165, 1.54) is 30.4 Å². The van der Waals surface area contributed by atoms with Gasteiger partial charge in [0.25, 0.3) is 0 Å². The van der Waals surface area contributed by atoms with Crippen LogP contribution in [0.4, 0.5) is 0 Å². The third-order valence-corrected chi connectivity index (χ3v) is 4.75. The van der Waals surface area contributed by atoms with Crippen LogP contribution in [0.25, 0.3) is 0 Å². The summed E-state index contributed by atoms with van der Waals surface area (Å²) in [7, 11) is 0. The molecule has 0 fully saturated rings. The molecule has 0 radical (unpaired) electrons. The van der Waals surface area contributed by atoms with Gasteiger partial charge in [-0.2, -0.15) is 0 Å². The van der Waals surface area contributed by atoms with Crippen molar-refractivity contribution in [2.24, 2.45) is 0 Å². The van der Waals surface area contributed by atoms with E-state index in [0.717, 1.165) is 4.90 Å². The molecule has 0 unspecified atom stereocenters. The van der Waals surface area contributed by atoms with Crippen LogP contribution in [0, 0.1) is 0 Å². The largest absolute Gasteiger partial charge is 0.290 e. The smallest absolute Gasteiger partial charge is 0.204 e. The van der Waals surface area contributed by atoms with Crippen LogP contribution >= 0.6 is 35.0 Å². The zero-order valence-electron chi connectivity index (χ0n) is 12.2. The van der Waals surface area contributed by atoms with Crippen LogP contribution < -0.4 is 0 Å². The lowest BCUT2D eigenvalue weighted by Crippen LogP contribution is -2.08. The van der Waals surface area contributed by atoms with Crippen molar-refractivity contribution in [3.63, 3.8) is 0 Å². The van der Waals surface area contributed by atoms with E-state index in [0.29, 0.717) is 20.8 Å². The molecule has 0 atom stereocenters. The molecular weight excluding hydrogens is 367 g/mol. The molecule has 2 heterocycles. The average Bonchev–Trinajstić information content (AvgIpc) is 2.61. The molecule has 0 bridgehead atoms. The van der Waals surface area contributed by atoms with E-state index in [4.69, 9.17) is 23.2 Å². The molecule has 3 rings (SSSR count). The Bertz CT molecular complexity index is 860. The van der Waals surface area contributed by atoms with Gasteiger partial charge in [-0.3, -0.25) is 4.79 Å². The van der Waals surface area contributed by atoms with Crippen LogP contribution in [0.5, 0.6) is 0 Å². The summed E-state index contributed by atoms with van der Waals surface area (Å²) in [6.07, 6.45) is 6.24. The summed E-state index contributed by atoms with van der Waals surface area (Å²) in [5, 5.41) is 1.49. The lowest BCUT2D eigenvalue weighted by Gasteiger charge is -2.08. The van der Waals surface area contributed by atoms with Gasteiger partial charge in [0.15, 0.2) is 5.82 Å². The predicted octanol–water partition coefficient (Wildman–Crippen LogP) is 4.15. The van der Waals surface area contributed by atoms with Crippen LogP contribution in [-0.2, 0) is 6.42 Å². The monoisotopic (exact) mass is 376 g/mol. The molecule has 1 aromatic carbocycles. The van der Waals surface area contributed by atoms with Crippen molar-refractivity contribution in [3.05, 3.63) is 70.6 Å². The number of halogens is 2. The fourth-order valence-corrected chi connectivity index (χ4v) is 3.14. The molecule has 5 nitrogen and oxygen atoms in total. The first kappa shape index (κ1) is 16.8. The summed E-state index contributed by atoms with van der Waals surface area (Å²) >= 11 is 13.5. The number of Topliss-reactive ketones (excluding diaryl/α,β-unsaturated/α-hetero) is 1. The van der Waals surface area contributed by atoms with Crippen LogP contribution in [0.3, 0.4) is 0 Å². The van der Waals surface area contributed by atoms with Gasteiger partial charge in [0, 0.05) is 23.7 Å². The molecule has 0 aliphatic heterocycles. The Morgan fingerprint density at radius 3 is 2.50 bits per heavy atom. The average molecular weight is 377 g/mol. The Balaban J connectivity index is 1.80. The van der Waals surface area contributed by atoms with Crippen LogP contribution in [0.15, 0.2) is 59.0 Å². The first-order chi connectivity index (χ1) is 11.6. The van der Waals surface area contributed by atoms with Gasteiger partial charge in [-0.1, -0.05) is 47.1 Å². The molecule has 0 spiro atoms. The second-order valence-electron chi connectivity index (χ2n) is 4.68. The molecule has 2 aromatic heterocycles. The fourth-order valence-electron chi connectivity index (χ4n) is 1.93. The van der Waals surface area contributed by atoms with E-state index in [1.54, 1.807) is 18.3 Å². The van der Waals surface area contributed by atoms with Crippen LogP contribution in [0.2, 0.25) is 10.2 Å². The Kier molecular flexibility index (Phi) is 5.40. The Hall–Kier alpha value is -2.02. The zero-order valence-corrected chi connectivity index (χ0v) is 14.5. The van der Waals surface area contributed by atoms with Gasteiger partial charge in [0.1, 0.15) is 10.2 Å². The molecule has 0 aliphatic carbocycles. The quantitative estimate of drug-likeness (QED) is 0.623. The van der Waals surface area contributed by atoms with Crippen molar-refractivity contribution in [3.8, 4) is 0 Å². The molecule has 0 N–H and O–H groups in total. The number of nitrogens with zero attached hydrogens (tertiary/aromatic N) is 4. The number of rotatable bonds is 5. The summed E-state index contributed by atoms with van der Waals surface area (Å²) in [5.74, 6) is -0.0128. The zero-order chi connectivity index (χ0) is 16.9. The highest BCUT2D eigenvalue weighted by molar-refractivity contribution is 7.99. The number of ketones is 1. The SMILES string of the molecule is O=C(Cc1cccc(Sc2cnc(Cl)cn2)c1Cl)c1ncccn1. The van der Waals surface area contributed by atoms with Crippen molar-refractivity contribution in [2.75, 3.05) is 0 Å². The Labute approximate surface area is 152 Å². The second-order valence-corrected chi connectivity index (χ2v) is 6.51. The number of benzene rings is 1. The summed E-state index contributed by atoms with van der Waals surface area (Å²) in [4.78, 5) is 29.1. The van der Waals surface area contributed by atoms with Gasteiger partial charge in [-0.05, 0) is 17.7 Å². The van der Waals surface area contributed by atoms with Crippen molar-refractivity contribution in [1.82, 2.24) is 19.9 Å². The minimum absolute atomic E-state index is 0.129. The third-order valence-electron chi connectivity index (χ3n) is 3.02. The lowest BCUT2D eigenvalue weighted by molar-refractivity contribution is 0.0983. The lowest BCUT2D eigenvalue weighted by atomic mass is 10.1. The summed E-state index contributed by atoms with van der Waals surface area (Å²) in [6.45, 7) is 0. The predicted molar refractivity (Wildman–Crippen MR) is 92.7 cm³/mol. The topological polar surface area (TPSA) is 68.6 Å². The molecular formula is C16H10Cl2N4OS. The van der Waals surface area contributed by atoms with Crippen LogP contribution in [-0.4, -0.2) is 25.7 Å². The molecule has 8 heteroatoms. The van der Waals surface area contributed by atoms with Gasteiger partial charge in [-0.25, -0.2) is 19.9 Å². The van der Waals surface area contributed by atoms with E-state index in [9.17, 15) is 4.79 Å². The number of carbonyl (C=O) groups excluding carboxylic acids is 1. The molecule has 24 heavy (non-hydrogen) atoms. The van der Waals surface area contributed by atoms with Gasteiger partial charge < -0.3 is 0 Å². The highest BCUT2D eigenvalue weighted by Gasteiger charge is 2.14. The normalized spacial score (nSPS) is 10.6. The minimum atomic E-state index is -0.189. The number of aromatic nitrogens is 4. The molecule has 0 saturated carbocycles. The van der Waals surface area contributed by atoms with Crippen molar-refractivity contribution >= 4 is 40.7 Å². The maximum Gasteiger partial charge on any atom is 0.204 e. The first-order valence-electron chi connectivity index (χ1n) is 6.86. The molecule has 0 amide bonds. The molecule has 3 aromatic rings. The van der Waals surface area contributed by atoms with Gasteiger partial charge in [0.2, 0.25) is 5.78 Å². The summed E-state index contributed by atoms with van der Waals surface area (Å²) in [5.41, 5.74) is 0.709. The second kappa shape index (κ2) is 7.70. The molecule has 0 saturated heterocycles. The fraction of sp³-hybridized carbons (Fsp3) is 0.0625. The first-order valence-corrected chi connectivity index (χ1v) is 8.44. The molecule has 120 valence electrons. The van der Waals surface area contributed by atoms with Crippen molar-refractivity contribution < 1.29 is 4.79 Å². The Morgan fingerprint density at radius 1 is 1.00 bits per heavy atom. The van der Waals surface area contributed by atoms with Crippen molar-refractivity contribution in [2.45, 2.75) is 16.3 Å². The third kappa shape index (κ3) is 4.08. The number of hydrogen-bond donors (Lipinski definition) is 0. The van der Waals surface area contributed by atoms with E-state index in [2.05, 4.69) is 19.9 Å². The van der Waals surface area contributed by atoms with E-state index in [-0.39, 0.29) is 18.0 Å². The highest BCUT2D eigenvalue weighted by atomic mass is 35.5. The van der Waals surface area contributed by atoms with Gasteiger partial charge in [0.05, 0.1) is 17.4 Å². The summed E-state index contributed by atoms with van der Waals surface area (Å²) < 4.78 is 0. The van der Waals surface area contributed by atoms with Gasteiger partial charge >= 0.3 is 0 Å². The maximum absolute atomic E-state index is 12.2. The minimum Gasteiger partial charge on any atom is -0.290 e. The van der Waals surface area contributed by atoms with E-state index in [1.807, 2.05) is 12.1 Å². The maximum atomic E-state index is 12.2. The van der Waals surface area contributed by atoms with Crippen LogP contribution in [0.1, 0.15) is 16.2 Å². The summed E-state index contributed by atoms with van der Waals surface area (Å²) in [6, 6.07) is 7.16.